The van der Waals surface area contributed by atoms with Gasteiger partial charge in [0.25, 0.3) is 5.91 Å². The second kappa shape index (κ2) is 9.27. The molecule has 4 heteroatoms. The molecule has 1 aliphatic rings. The smallest absolute Gasteiger partial charge is 0.257 e. The third kappa shape index (κ3) is 5.25. The van der Waals surface area contributed by atoms with E-state index in [4.69, 9.17) is 4.74 Å². The van der Waals surface area contributed by atoms with Crippen LogP contribution in [0.2, 0.25) is 0 Å². The molecule has 0 spiro atoms. The van der Waals surface area contributed by atoms with E-state index >= 15 is 0 Å². The van der Waals surface area contributed by atoms with Crippen LogP contribution in [-0.2, 0) is 11.2 Å². The maximum absolute atomic E-state index is 11.9. The van der Waals surface area contributed by atoms with Gasteiger partial charge in [-0.2, -0.15) is 0 Å². The van der Waals surface area contributed by atoms with Gasteiger partial charge in [0.2, 0.25) is 0 Å². The van der Waals surface area contributed by atoms with E-state index in [0.29, 0.717) is 6.54 Å². The molecule has 1 saturated heterocycles. The van der Waals surface area contributed by atoms with Crippen LogP contribution in [-0.4, -0.2) is 32.1 Å². The summed E-state index contributed by atoms with van der Waals surface area (Å²) in [6.07, 6.45) is 4.50. The summed E-state index contributed by atoms with van der Waals surface area (Å²) in [4.78, 5) is 14.3. The number of carbonyl (C=O) groups excluding carboxylic acids is 1. The number of anilines is 1. The second-order valence-electron chi connectivity index (χ2n) is 6.87. The van der Waals surface area contributed by atoms with Gasteiger partial charge in [-0.05, 0) is 61.9 Å². The summed E-state index contributed by atoms with van der Waals surface area (Å²) in [5.74, 6) is 0.693. The van der Waals surface area contributed by atoms with Gasteiger partial charge in [-0.25, -0.2) is 0 Å². The lowest BCUT2D eigenvalue weighted by molar-refractivity contribution is -0.123. The van der Waals surface area contributed by atoms with Crippen LogP contribution < -0.4 is 15.0 Å². The van der Waals surface area contributed by atoms with Gasteiger partial charge in [0, 0.05) is 25.3 Å². The van der Waals surface area contributed by atoms with Gasteiger partial charge in [-0.15, -0.1) is 0 Å². The van der Waals surface area contributed by atoms with Crippen LogP contribution in [0.4, 0.5) is 5.69 Å². The predicted octanol–water partition coefficient (Wildman–Crippen LogP) is 3.72. The van der Waals surface area contributed by atoms with Crippen molar-refractivity contribution in [1.82, 2.24) is 5.32 Å². The number of rotatable bonds is 8. The first kappa shape index (κ1) is 18.3. The maximum Gasteiger partial charge on any atom is 0.257 e. The highest BCUT2D eigenvalue weighted by atomic mass is 16.5. The Labute approximate surface area is 156 Å². The standard InChI is InChI=1S/C22H28N2O2/c1-18-7-2-3-9-21(18)26-17-22(25)23-14-6-8-19-10-12-20(13-11-19)24-15-4-5-16-24/h2-3,7,9-13H,4-6,8,14-17H2,1H3,(H,23,25). The zero-order chi connectivity index (χ0) is 18.2. The lowest BCUT2D eigenvalue weighted by Crippen LogP contribution is -2.30. The SMILES string of the molecule is Cc1ccccc1OCC(=O)NCCCc1ccc(N2CCCC2)cc1. The van der Waals surface area contributed by atoms with Crippen molar-refractivity contribution in [2.24, 2.45) is 0 Å². The Morgan fingerprint density at radius 3 is 2.54 bits per heavy atom. The van der Waals surface area contributed by atoms with Crippen LogP contribution in [0.25, 0.3) is 0 Å². The Bertz CT molecular complexity index is 706. The zero-order valence-electron chi connectivity index (χ0n) is 15.5. The Kier molecular flexibility index (Phi) is 6.53. The van der Waals surface area contributed by atoms with E-state index in [9.17, 15) is 4.79 Å². The monoisotopic (exact) mass is 352 g/mol. The summed E-state index contributed by atoms with van der Waals surface area (Å²) in [5, 5.41) is 2.93. The molecule has 1 fully saturated rings. The molecule has 0 unspecified atom stereocenters. The zero-order valence-corrected chi connectivity index (χ0v) is 15.5. The van der Waals surface area contributed by atoms with Crippen molar-refractivity contribution in [3.8, 4) is 5.75 Å². The molecule has 0 bridgehead atoms. The molecule has 0 saturated carbocycles. The molecule has 26 heavy (non-hydrogen) atoms. The van der Waals surface area contributed by atoms with E-state index in [-0.39, 0.29) is 12.5 Å². The maximum atomic E-state index is 11.9. The molecule has 1 aliphatic heterocycles. The summed E-state index contributed by atoms with van der Waals surface area (Å²) < 4.78 is 5.56. The van der Waals surface area contributed by atoms with E-state index in [1.807, 2.05) is 31.2 Å². The Balaban J connectivity index is 1.33. The van der Waals surface area contributed by atoms with Gasteiger partial charge >= 0.3 is 0 Å². The van der Waals surface area contributed by atoms with Gasteiger partial charge in [-0.3, -0.25) is 4.79 Å². The van der Waals surface area contributed by atoms with Crippen LogP contribution in [0.1, 0.15) is 30.4 Å². The van der Waals surface area contributed by atoms with Gasteiger partial charge < -0.3 is 15.0 Å². The van der Waals surface area contributed by atoms with E-state index in [1.54, 1.807) is 0 Å². The summed E-state index contributed by atoms with van der Waals surface area (Å²) in [5.41, 5.74) is 3.68. The number of para-hydroxylation sites is 1. The molecule has 0 aromatic heterocycles. The van der Waals surface area contributed by atoms with Crippen molar-refractivity contribution < 1.29 is 9.53 Å². The van der Waals surface area contributed by atoms with E-state index in [2.05, 4.69) is 34.5 Å². The molecule has 3 rings (SSSR count). The lowest BCUT2D eigenvalue weighted by atomic mass is 10.1. The first-order chi connectivity index (χ1) is 12.7. The van der Waals surface area contributed by atoms with E-state index < -0.39 is 0 Å². The number of aryl methyl sites for hydroxylation is 2. The fourth-order valence-corrected chi connectivity index (χ4v) is 3.28. The average molecular weight is 352 g/mol. The molecule has 1 heterocycles. The minimum atomic E-state index is -0.0716. The molecule has 138 valence electrons. The number of carbonyl (C=O) groups is 1. The first-order valence-corrected chi connectivity index (χ1v) is 9.51. The molecule has 0 aliphatic carbocycles. The Hall–Kier alpha value is -2.49. The van der Waals surface area contributed by atoms with E-state index in [1.165, 1.54) is 37.2 Å². The number of nitrogens with one attached hydrogen (secondary N) is 1. The molecule has 1 N–H and O–H groups in total. The van der Waals surface area contributed by atoms with Crippen LogP contribution in [0.3, 0.4) is 0 Å². The van der Waals surface area contributed by atoms with Crippen LogP contribution in [0.5, 0.6) is 5.75 Å². The van der Waals surface area contributed by atoms with Crippen molar-refractivity contribution in [3.05, 3.63) is 59.7 Å². The van der Waals surface area contributed by atoms with Crippen molar-refractivity contribution in [2.45, 2.75) is 32.6 Å². The third-order valence-electron chi connectivity index (χ3n) is 4.82. The number of amides is 1. The number of ether oxygens (including phenoxy) is 1. The molecule has 2 aromatic rings. The minimum Gasteiger partial charge on any atom is -0.484 e. The molecule has 1 amide bonds. The normalized spacial score (nSPS) is 13.7. The second-order valence-corrected chi connectivity index (χ2v) is 6.87. The highest BCUT2D eigenvalue weighted by Gasteiger charge is 2.11. The summed E-state index contributed by atoms with van der Waals surface area (Å²) in [6.45, 7) is 5.06. The summed E-state index contributed by atoms with van der Waals surface area (Å²) in [6, 6.07) is 16.6. The quantitative estimate of drug-likeness (QED) is 0.736. The van der Waals surface area contributed by atoms with Crippen LogP contribution in [0.15, 0.2) is 48.5 Å². The molecular formula is C22H28N2O2. The molecule has 0 radical (unpaired) electrons. The number of hydrogen-bond donors (Lipinski definition) is 1. The molecule has 0 atom stereocenters. The highest BCUT2D eigenvalue weighted by molar-refractivity contribution is 5.77. The summed E-state index contributed by atoms with van der Waals surface area (Å²) >= 11 is 0. The largest absolute Gasteiger partial charge is 0.484 e. The number of hydrogen-bond acceptors (Lipinski definition) is 3. The molecule has 2 aromatic carbocycles. The lowest BCUT2D eigenvalue weighted by Gasteiger charge is -2.17. The van der Waals surface area contributed by atoms with E-state index in [0.717, 1.165) is 24.2 Å². The van der Waals surface area contributed by atoms with Crippen molar-refractivity contribution in [1.29, 1.82) is 0 Å². The number of benzene rings is 2. The fourth-order valence-electron chi connectivity index (χ4n) is 3.28. The fraction of sp³-hybridized carbons (Fsp3) is 0.409. The third-order valence-corrected chi connectivity index (χ3v) is 4.82. The van der Waals surface area contributed by atoms with Crippen LogP contribution >= 0.6 is 0 Å². The topological polar surface area (TPSA) is 41.6 Å². The minimum absolute atomic E-state index is 0.0649. The van der Waals surface area contributed by atoms with Crippen molar-refractivity contribution >= 4 is 11.6 Å². The number of nitrogens with zero attached hydrogens (tertiary/aromatic N) is 1. The molecule has 4 nitrogen and oxygen atoms in total. The van der Waals surface area contributed by atoms with Gasteiger partial charge in [-0.1, -0.05) is 30.3 Å². The van der Waals surface area contributed by atoms with Crippen LogP contribution in [0, 0.1) is 6.92 Å². The Morgan fingerprint density at radius 2 is 1.81 bits per heavy atom. The van der Waals surface area contributed by atoms with Gasteiger partial charge in [0.05, 0.1) is 0 Å². The predicted molar refractivity (Wildman–Crippen MR) is 106 cm³/mol. The van der Waals surface area contributed by atoms with Crippen molar-refractivity contribution in [2.75, 3.05) is 31.1 Å². The Morgan fingerprint density at radius 1 is 1.08 bits per heavy atom. The van der Waals surface area contributed by atoms with Gasteiger partial charge in [0.1, 0.15) is 5.75 Å². The average Bonchev–Trinajstić information content (AvgIpc) is 3.20. The first-order valence-electron chi connectivity index (χ1n) is 9.51. The highest BCUT2D eigenvalue weighted by Crippen LogP contribution is 2.20. The molecular weight excluding hydrogens is 324 g/mol. The summed E-state index contributed by atoms with van der Waals surface area (Å²) in [7, 11) is 0. The van der Waals surface area contributed by atoms with Gasteiger partial charge in [0.15, 0.2) is 6.61 Å². The van der Waals surface area contributed by atoms with Crippen molar-refractivity contribution in [3.63, 3.8) is 0 Å².